The predicted molar refractivity (Wildman–Crippen MR) is 82.6 cm³/mol. The molecule has 0 aromatic carbocycles. The van der Waals surface area contributed by atoms with E-state index >= 15 is 0 Å². The highest BCUT2D eigenvalue weighted by atomic mass is 15.3. The Morgan fingerprint density at radius 3 is 2.80 bits per heavy atom. The van der Waals surface area contributed by atoms with E-state index in [2.05, 4.69) is 47.7 Å². The minimum absolute atomic E-state index is 0.471. The van der Waals surface area contributed by atoms with E-state index in [-0.39, 0.29) is 0 Å². The summed E-state index contributed by atoms with van der Waals surface area (Å²) >= 11 is 0. The molecule has 1 aromatic heterocycles. The number of rotatable bonds is 3. The first-order chi connectivity index (χ1) is 9.66. The molecule has 3 heterocycles. The standard InChI is InChI=1S/C17H27N3/c1-13(2)17-12-19-9-5-7-16(19)11-20(17)14(3)15-6-4-8-18-10-15/h4,6,8,10,13-14,16-17H,5,7,9,11-12H2,1-3H3. The van der Waals surface area contributed by atoms with Gasteiger partial charge in [0.2, 0.25) is 0 Å². The van der Waals surface area contributed by atoms with Gasteiger partial charge < -0.3 is 0 Å². The Labute approximate surface area is 123 Å². The first-order valence-corrected chi connectivity index (χ1v) is 8.06. The van der Waals surface area contributed by atoms with E-state index in [9.17, 15) is 0 Å². The first-order valence-electron chi connectivity index (χ1n) is 8.06. The van der Waals surface area contributed by atoms with Crippen molar-refractivity contribution in [3.63, 3.8) is 0 Å². The molecule has 20 heavy (non-hydrogen) atoms. The summed E-state index contributed by atoms with van der Waals surface area (Å²) in [5, 5.41) is 0. The average molecular weight is 273 g/mol. The van der Waals surface area contributed by atoms with E-state index in [4.69, 9.17) is 0 Å². The van der Waals surface area contributed by atoms with Crippen molar-refractivity contribution in [2.24, 2.45) is 5.92 Å². The monoisotopic (exact) mass is 273 g/mol. The highest BCUT2D eigenvalue weighted by molar-refractivity contribution is 5.14. The van der Waals surface area contributed by atoms with Gasteiger partial charge in [-0.2, -0.15) is 0 Å². The van der Waals surface area contributed by atoms with Crippen LogP contribution in [0.4, 0.5) is 0 Å². The highest BCUT2D eigenvalue weighted by Gasteiger charge is 2.39. The van der Waals surface area contributed by atoms with Gasteiger partial charge in [-0.1, -0.05) is 19.9 Å². The molecule has 3 heteroatoms. The zero-order chi connectivity index (χ0) is 14.1. The predicted octanol–water partition coefficient (Wildman–Crippen LogP) is 2.95. The summed E-state index contributed by atoms with van der Waals surface area (Å²) in [6.07, 6.45) is 6.65. The molecule has 3 atom stereocenters. The second-order valence-corrected chi connectivity index (χ2v) is 6.76. The molecule has 0 bridgehead atoms. The number of aromatic nitrogens is 1. The molecule has 0 N–H and O–H groups in total. The van der Waals surface area contributed by atoms with Crippen LogP contribution in [0.5, 0.6) is 0 Å². The normalized spacial score (nSPS) is 29.6. The molecule has 2 aliphatic rings. The Morgan fingerprint density at radius 1 is 1.25 bits per heavy atom. The Balaban J connectivity index is 1.81. The minimum atomic E-state index is 0.471. The Bertz CT molecular complexity index is 431. The van der Waals surface area contributed by atoms with Crippen LogP contribution in [-0.2, 0) is 0 Å². The number of fused-ring (bicyclic) bond motifs is 1. The number of piperazine rings is 1. The van der Waals surface area contributed by atoms with E-state index in [0.29, 0.717) is 18.0 Å². The largest absolute Gasteiger partial charge is 0.298 e. The number of pyridine rings is 1. The number of hydrogen-bond acceptors (Lipinski definition) is 3. The Morgan fingerprint density at radius 2 is 2.10 bits per heavy atom. The highest BCUT2D eigenvalue weighted by Crippen LogP contribution is 2.33. The second-order valence-electron chi connectivity index (χ2n) is 6.76. The molecule has 1 aromatic rings. The van der Waals surface area contributed by atoms with Gasteiger partial charge in [-0.15, -0.1) is 0 Å². The third kappa shape index (κ3) is 2.61. The molecule has 3 rings (SSSR count). The van der Waals surface area contributed by atoms with Gasteiger partial charge in [0, 0.05) is 43.6 Å². The van der Waals surface area contributed by atoms with Gasteiger partial charge in [-0.05, 0) is 43.9 Å². The second kappa shape index (κ2) is 5.82. The fraction of sp³-hybridized carbons (Fsp3) is 0.706. The zero-order valence-electron chi connectivity index (χ0n) is 13.0. The third-order valence-electron chi connectivity index (χ3n) is 5.20. The molecule has 110 valence electrons. The summed E-state index contributed by atoms with van der Waals surface area (Å²) in [4.78, 5) is 9.75. The van der Waals surface area contributed by atoms with Gasteiger partial charge in [-0.25, -0.2) is 0 Å². The van der Waals surface area contributed by atoms with Gasteiger partial charge >= 0.3 is 0 Å². The van der Waals surface area contributed by atoms with Crippen molar-refractivity contribution in [1.82, 2.24) is 14.8 Å². The molecule has 3 unspecified atom stereocenters. The average Bonchev–Trinajstić information content (AvgIpc) is 2.93. The summed E-state index contributed by atoms with van der Waals surface area (Å²) in [5.41, 5.74) is 1.35. The Kier molecular flexibility index (Phi) is 4.08. The van der Waals surface area contributed by atoms with E-state index in [1.807, 2.05) is 12.4 Å². The quantitative estimate of drug-likeness (QED) is 0.844. The lowest BCUT2D eigenvalue weighted by Gasteiger charge is -2.48. The minimum Gasteiger partial charge on any atom is -0.298 e. The van der Waals surface area contributed by atoms with Crippen molar-refractivity contribution in [3.8, 4) is 0 Å². The maximum absolute atomic E-state index is 4.30. The molecule has 0 saturated carbocycles. The van der Waals surface area contributed by atoms with Crippen LogP contribution in [0.25, 0.3) is 0 Å². The van der Waals surface area contributed by atoms with E-state index < -0.39 is 0 Å². The molecule has 2 fully saturated rings. The maximum atomic E-state index is 4.30. The molecule has 0 radical (unpaired) electrons. The van der Waals surface area contributed by atoms with Gasteiger partial charge in [0.1, 0.15) is 0 Å². The van der Waals surface area contributed by atoms with Crippen LogP contribution in [0, 0.1) is 5.92 Å². The van der Waals surface area contributed by atoms with Crippen LogP contribution in [0.2, 0.25) is 0 Å². The molecule has 0 amide bonds. The zero-order valence-corrected chi connectivity index (χ0v) is 13.0. The van der Waals surface area contributed by atoms with Crippen molar-refractivity contribution in [1.29, 1.82) is 0 Å². The molecule has 2 saturated heterocycles. The van der Waals surface area contributed by atoms with Crippen molar-refractivity contribution in [2.75, 3.05) is 19.6 Å². The molecular weight excluding hydrogens is 246 g/mol. The van der Waals surface area contributed by atoms with E-state index in [1.165, 1.54) is 38.0 Å². The summed E-state index contributed by atoms with van der Waals surface area (Å²) in [7, 11) is 0. The molecular formula is C17H27N3. The van der Waals surface area contributed by atoms with Gasteiger partial charge in [-0.3, -0.25) is 14.8 Å². The summed E-state index contributed by atoms with van der Waals surface area (Å²) in [5.74, 6) is 0.704. The van der Waals surface area contributed by atoms with E-state index in [1.54, 1.807) is 0 Å². The summed E-state index contributed by atoms with van der Waals surface area (Å²) < 4.78 is 0. The van der Waals surface area contributed by atoms with Gasteiger partial charge in [0.05, 0.1) is 0 Å². The van der Waals surface area contributed by atoms with Crippen molar-refractivity contribution >= 4 is 0 Å². The van der Waals surface area contributed by atoms with Gasteiger partial charge in [0.15, 0.2) is 0 Å². The molecule has 0 aliphatic carbocycles. The van der Waals surface area contributed by atoms with Gasteiger partial charge in [0.25, 0.3) is 0 Å². The summed E-state index contributed by atoms with van der Waals surface area (Å²) in [6, 6.07) is 6.19. The van der Waals surface area contributed by atoms with Crippen LogP contribution >= 0.6 is 0 Å². The first kappa shape index (κ1) is 14.0. The molecule has 2 aliphatic heterocycles. The van der Waals surface area contributed by atoms with Crippen LogP contribution in [0.3, 0.4) is 0 Å². The SMILES string of the molecule is CC(C)C1CN2CCCC2CN1C(C)c1cccnc1. The fourth-order valence-corrected chi connectivity index (χ4v) is 3.92. The van der Waals surface area contributed by atoms with Crippen molar-refractivity contribution < 1.29 is 0 Å². The van der Waals surface area contributed by atoms with Crippen LogP contribution < -0.4 is 0 Å². The summed E-state index contributed by atoms with van der Waals surface area (Å²) in [6.45, 7) is 10.8. The lowest BCUT2D eigenvalue weighted by atomic mass is 9.94. The topological polar surface area (TPSA) is 19.4 Å². The lowest BCUT2D eigenvalue weighted by molar-refractivity contribution is 0.00396. The maximum Gasteiger partial charge on any atom is 0.0339 e. The fourth-order valence-electron chi connectivity index (χ4n) is 3.92. The number of hydrogen-bond donors (Lipinski definition) is 0. The van der Waals surface area contributed by atoms with Crippen LogP contribution in [0.1, 0.15) is 45.2 Å². The lowest BCUT2D eigenvalue weighted by Crippen LogP contribution is -2.58. The number of nitrogens with zero attached hydrogens (tertiary/aromatic N) is 3. The van der Waals surface area contributed by atoms with Crippen LogP contribution in [-0.4, -0.2) is 46.5 Å². The third-order valence-corrected chi connectivity index (χ3v) is 5.20. The molecule has 0 spiro atoms. The van der Waals surface area contributed by atoms with Crippen LogP contribution in [0.15, 0.2) is 24.5 Å². The van der Waals surface area contributed by atoms with Crippen molar-refractivity contribution in [2.45, 2.75) is 51.7 Å². The van der Waals surface area contributed by atoms with E-state index in [0.717, 1.165) is 6.04 Å². The molecule has 3 nitrogen and oxygen atoms in total. The van der Waals surface area contributed by atoms with Crippen molar-refractivity contribution in [3.05, 3.63) is 30.1 Å². The Hall–Kier alpha value is -0.930. The smallest absolute Gasteiger partial charge is 0.0339 e.